The van der Waals surface area contributed by atoms with Gasteiger partial charge in [0.1, 0.15) is 0 Å². The van der Waals surface area contributed by atoms with E-state index in [1.54, 1.807) is 0 Å². The predicted octanol–water partition coefficient (Wildman–Crippen LogP) is 3.94. The van der Waals surface area contributed by atoms with E-state index in [4.69, 9.17) is 5.73 Å². The molecule has 1 unspecified atom stereocenters. The fraction of sp³-hybridized carbons (Fsp3) is 0.235. The Morgan fingerprint density at radius 2 is 1.90 bits per heavy atom. The number of guanidine groups is 1. The van der Waals surface area contributed by atoms with Gasteiger partial charge in [-0.1, -0.05) is 46.3 Å². The van der Waals surface area contributed by atoms with Crippen LogP contribution in [0.2, 0.25) is 0 Å². The van der Waals surface area contributed by atoms with E-state index in [-0.39, 0.29) is 6.04 Å². The first kappa shape index (κ1) is 14.1. The molecular formula is C17H18BrN3. The number of hydrogen-bond acceptors (Lipinski definition) is 3. The van der Waals surface area contributed by atoms with Gasteiger partial charge in [0.05, 0.1) is 12.6 Å². The van der Waals surface area contributed by atoms with Crippen molar-refractivity contribution in [3.05, 3.63) is 63.6 Å². The lowest BCUT2D eigenvalue weighted by atomic mass is 10.0. The van der Waals surface area contributed by atoms with E-state index >= 15 is 0 Å². The van der Waals surface area contributed by atoms with Crippen molar-refractivity contribution in [1.82, 2.24) is 0 Å². The van der Waals surface area contributed by atoms with Crippen LogP contribution in [0, 0.1) is 13.8 Å². The van der Waals surface area contributed by atoms with Gasteiger partial charge in [-0.2, -0.15) is 0 Å². The van der Waals surface area contributed by atoms with Crippen LogP contribution in [0.4, 0.5) is 5.69 Å². The van der Waals surface area contributed by atoms with Crippen molar-refractivity contribution in [2.45, 2.75) is 19.9 Å². The summed E-state index contributed by atoms with van der Waals surface area (Å²) >= 11 is 3.61. The molecule has 2 aromatic rings. The van der Waals surface area contributed by atoms with Gasteiger partial charge in [-0.15, -0.1) is 0 Å². The van der Waals surface area contributed by atoms with Crippen molar-refractivity contribution in [2.75, 3.05) is 11.4 Å². The lowest BCUT2D eigenvalue weighted by molar-refractivity contribution is 0.766. The summed E-state index contributed by atoms with van der Waals surface area (Å²) in [4.78, 5) is 6.58. The predicted molar refractivity (Wildman–Crippen MR) is 91.8 cm³/mol. The minimum absolute atomic E-state index is 0.156. The molecule has 108 valence electrons. The molecule has 0 bridgehead atoms. The second kappa shape index (κ2) is 5.53. The van der Waals surface area contributed by atoms with E-state index in [2.05, 4.69) is 70.0 Å². The van der Waals surface area contributed by atoms with Gasteiger partial charge in [0.2, 0.25) is 0 Å². The summed E-state index contributed by atoms with van der Waals surface area (Å²) in [6.45, 7) is 4.88. The second-order valence-corrected chi connectivity index (χ2v) is 6.23. The molecule has 1 heterocycles. The fourth-order valence-electron chi connectivity index (χ4n) is 2.69. The first-order valence-electron chi connectivity index (χ1n) is 6.99. The smallest absolute Gasteiger partial charge is 0.196 e. The van der Waals surface area contributed by atoms with Crippen molar-refractivity contribution in [2.24, 2.45) is 10.7 Å². The largest absolute Gasteiger partial charge is 0.369 e. The lowest BCUT2D eigenvalue weighted by Crippen LogP contribution is -2.36. The molecule has 21 heavy (non-hydrogen) atoms. The van der Waals surface area contributed by atoms with Crippen LogP contribution >= 0.6 is 15.9 Å². The van der Waals surface area contributed by atoms with Crippen molar-refractivity contribution in [3.8, 4) is 0 Å². The topological polar surface area (TPSA) is 41.6 Å². The standard InChI is InChI=1S/C17H18BrN3/c1-11-7-8-13(9-14(11)18)16-10-20-17(19)21(16)15-6-4-3-5-12(15)2/h3-9,16H,10H2,1-2H3,(H2,19,20). The number of benzene rings is 2. The first-order chi connectivity index (χ1) is 10.1. The average Bonchev–Trinajstić information content (AvgIpc) is 2.84. The second-order valence-electron chi connectivity index (χ2n) is 5.38. The monoisotopic (exact) mass is 343 g/mol. The molecular weight excluding hydrogens is 326 g/mol. The van der Waals surface area contributed by atoms with Gasteiger partial charge >= 0.3 is 0 Å². The van der Waals surface area contributed by atoms with Crippen molar-refractivity contribution >= 4 is 27.6 Å². The molecule has 1 aliphatic rings. The van der Waals surface area contributed by atoms with Crippen LogP contribution < -0.4 is 10.6 Å². The molecule has 1 aliphatic heterocycles. The van der Waals surface area contributed by atoms with Gasteiger partial charge in [0.25, 0.3) is 0 Å². The number of hydrogen-bond donors (Lipinski definition) is 1. The van der Waals surface area contributed by atoms with Gasteiger partial charge < -0.3 is 10.6 Å². The van der Waals surface area contributed by atoms with Gasteiger partial charge in [0, 0.05) is 10.2 Å². The van der Waals surface area contributed by atoms with E-state index in [1.165, 1.54) is 16.7 Å². The van der Waals surface area contributed by atoms with Crippen molar-refractivity contribution < 1.29 is 0 Å². The third-order valence-corrected chi connectivity index (χ3v) is 4.79. The molecule has 0 radical (unpaired) electrons. The number of aliphatic imine (C=N–C) groups is 1. The molecule has 0 spiro atoms. The van der Waals surface area contributed by atoms with Crippen LogP contribution in [0.3, 0.4) is 0 Å². The number of rotatable bonds is 2. The molecule has 0 saturated carbocycles. The summed E-state index contributed by atoms with van der Waals surface area (Å²) in [7, 11) is 0. The third-order valence-electron chi connectivity index (χ3n) is 3.94. The van der Waals surface area contributed by atoms with Crippen LogP contribution in [0.25, 0.3) is 0 Å². The third kappa shape index (κ3) is 2.56. The summed E-state index contributed by atoms with van der Waals surface area (Å²) in [5.41, 5.74) is 10.9. The van der Waals surface area contributed by atoms with Crippen LogP contribution in [0.5, 0.6) is 0 Å². The Morgan fingerprint density at radius 3 is 2.62 bits per heavy atom. The Bertz CT molecular complexity index is 709. The maximum atomic E-state index is 6.14. The van der Waals surface area contributed by atoms with Gasteiger partial charge in [-0.05, 0) is 42.7 Å². The number of para-hydroxylation sites is 1. The molecule has 3 rings (SSSR count). The zero-order valence-corrected chi connectivity index (χ0v) is 13.8. The molecule has 0 aromatic heterocycles. The zero-order valence-electron chi connectivity index (χ0n) is 12.2. The number of halogens is 1. The Hall–Kier alpha value is -1.81. The number of nitrogens with two attached hydrogens (primary N) is 1. The van der Waals surface area contributed by atoms with Crippen LogP contribution in [-0.4, -0.2) is 12.5 Å². The van der Waals surface area contributed by atoms with E-state index in [1.807, 2.05) is 12.1 Å². The van der Waals surface area contributed by atoms with E-state index in [0.717, 1.165) is 10.2 Å². The quantitative estimate of drug-likeness (QED) is 0.897. The number of anilines is 1. The van der Waals surface area contributed by atoms with E-state index in [0.29, 0.717) is 12.5 Å². The molecule has 2 N–H and O–H groups in total. The Balaban J connectivity index is 2.03. The van der Waals surface area contributed by atoms with Crippen molar-refractivity contribution in [3.63, 3.8) is 0 Å². The fourth-order valence-corrected chi connectivity index (χ4v) is 3.09. The molecule has 4 heteroatoms. The molecule has 0 saturated heterocycles. The Kier molecular flexibility index (Phi) is 3.72. The highest BCUT2D eigenvalue weighted by Crippen LogP contribution is 2.34. The summed E-state index contributed by atoms with van der Waals surface area (Å²) in [6, 6.07) is 14.9. The number of nitrogens with zero attached hydrogens (tertiary/aromatic N) is 2. The van der Waals surface area contributed by atoms with E-state index in [9.17, 15) is 0 Å². The molecule has 2 aromatic carbocycles. The maximum Gasteiger partial charge on any atom is 0.196 e. The van der Waals surface area contributed by atoms with Crippen molar-refractivity contribution in [1.29, 1.82) is 0 Å². The van der Waals surface area contributed by atoms with E-state index < -0.39 is 0 Å². The first-order valence-corrected chi connectivity index (χ1v) is 7.78. The Labute approximate surface area is 133 Å². The summed E-state index contributed by atoms with van der Waals surface area (Å²) in [6.07, 6.45) is 0. The highest BCUT2D eigenvalue weighted by molar-refractivity contribution is 9.10. The number of aryl methyl sites for hydroxylation is 2. The average molecular weight is 344 g/mol. The summed E-state index contributed by atoms with van der Waals surface area (Å²) in [5, 5.41) is 0. The van der Waals surface area contributed by atoms with Crippen LogP contribution in [-0.2, 0) is 0 Å². The highest BCUT2D eigenvalue weighted by atomic mass is 79.9. The SMILES string of the molecule is Cc1ccc(C2CN=C(N)N2c2ccccc2C)cc1Br. The van der Waals surface area contributed by atoms with Crippen LogP contribution in [0.1, 0.15) is 22.7 Å². The lowest BCUT2D eigenvalue weighted by Gasteiger charge is -2.28. The summed E-state index contributed by atoms with van der Waals surface area (Å²) < 4.78 is 1.12. The van der Waals surface area contributed by atoms with Crippen LogP contribution in [0.15, 0.2) is 51.9 Å². The minimum Gasteiger partial charge on any atom is -0.369 e. The molecule has 0 amide bonds. The zero-order chi connectivity index (χ0) is 15.0. The maximum absolute atomic E-state index is 6.14. The van der Waals surface area contributed by atoms with Gasteiger partial charge in [-0.3, -0.25) is 4.99 Å². The van der Waals surface area contributed by atoms with Gasteiger partial charge in [-0.25, -0.2) is 0 Å². The minimum atomic E-state index is 0.156. The summed E-state index contributed by atoms with van der Waals surface area (Å²) in [5.74, 6) is 0.589. The molecule has 1 atom stereocenters. The molecule has 0 fully saturated rings. The highest BCUT2D eigenvalue weighted by Gasteiger charge is 2.29. The Morgan fingerprint density at radius 1 is 1.14 bits per heavy atom. The normalized spacial score (nSPS) is 18.0. The molecule has 3 nitrogen and oxygen atoms in total. The van der Waals surface area contributed by atoms with Gasteiger partial charge in [0.15, 0.2) is 5.96 Å². The molecule has 0 aliphatic carbocycles.